The van der Waals surface area contributed by atoms with Crippen LogP contribution in [0.5, 0.6) is 5.75 Å². The van der Waals surface area contributed by atoms with Crippen molar-refractivity contribution in [3.05, 3.63) is 32.3 Å². The van der Waals surface area contributed by atoms with Crippen molar-refractivity contribution in [3.8, 4) is 5.75 Å². The number of halogens is 3. The highest BCUT2D eigenvalue weighted by molar-refractivity contribution is 9.10. The Labute approximate surface area is 232 Å². The summed E-state index contributed by atoms with van der Waals surface area (Å²) in [7, 11) is 0. The number of carbonyl (C=O) groups excluding carboxylic acids is 1. The number of piperidine rings is 2. The average Bonchev–Trinajstić information content (AvgIpc) is 3.44. The van der Waals surface area contributed by atoms with Gasteiger partial charge in [0.1, 0.15) is 33.2 Å². The number of thiophene rings is 1. The lowest BCUT2D eigenvalue weighted by atomic mass is 9.89. The van der Waals surface area contributed by atoms with E-state index in [-0.39, 0.29) is 27.5 Å². The smallest absolute Gasteiger partial charge is 0.273 e. The summed E-state index contributed by atoms with van der Waals surface area (Å²) < 4.78 is 37.6. The lowest BCUT2D eigenvalue weighted by Gasteiger charge is -2.36. The standard InChI is InChI=1S/C25H32BrF2N7O2S/c1-13(2)33-8-5-15(6-9-33)37-20-18(21(23(27)28)38-22(20)25(30)36)14-4-3-7-34(11-14)16-10-17(26)35-19(16)24(29)31-12-32-35/h10,12-15,23H,3-9,11H2,1-2H3,(H2,30,36)(H2,29,31,32). The van der Waals surface area contributed by atoms with Gasteiger partial charge in [-0.3, -0.25) is 4.79 Å². The molecule has 0 aromatic carbocycles. The predicted molar refractivity (Wildman–Crippen MR) is 147 cm³/mol. The molecule has 2 aliphatic heterocycles. The second-order valence-corrected chi connectivity index (χ2v) is 12.1. The summed E-state index contributed by atoms with van der Waals surface area (Å²) in [6.07, 6.45) is 1.46. The molecule has 1 amide bonds. The number of hydrogen-bond acceptors (Lipinski definition) is 8. The maximum absolute atomic E-state index is 14.4. The highest BCUT2D eigenvalue weighted by Crippen LogP contribution is 2.48. The van der Waals surface area contributed by atoms with Gasteiger partial charge in [0.2, 0.25) is 0 Å². The molecule has 2 saturated heterocycles. The summed E-state index contributed by atoms with van der Waals surface area (Å²) in [4.78, 5) is 21.0. The second kappa shape index (κ2) is 10.9. The van der Waals surface area contributed by atoms with Gasteiger partial charge in [-0.15, -0.1) is 11.3 Å². The molecule has 5 heterocycles. The summed E-state index contributed by atoms with van der Waals surface area (Å²) in [5.74, 6) is -0.432. The topological polar surface area (TPSA) is 115 Å². The normalized spacial score (nSPS) is 19.7. The number of amides is 1. The van der Waals surface area contributed by atoms with E-state index in [4.69, 9.17) is 16.2 Å². The maximum Gasteiger partial charge on any atom is 0.273 e. The lowest BCUT2D eigenvalue weighted by molar-refractivity contribution is 0.0813. The number of hydrogen-bond donors (Lipinski definition) is 2. The minimum Gasteiger partial charge on any atom is -0.488 e. The Kier molecular flexibility index (Phi) is 7.79. The van der Waals surface area contributed by atoms with Crippen molar-refractivity contribution in [2.75, 3.05) is 36.8 Å². The average molecular weight is 613 g/mol. The van der Waals surface area contributed by atoms with E-state index in [2.05, 4.69) is 49.7 Å². The minimum atomic E-state index is -2.74. The number of nitrogens with two attached hydrogens (primary N) is 2. The van der Waals surface area contributed by atoms with Gasteiger partial charge in [0.05, 0.1) is 10.6 Å². The van der Waals surface area contributed by atoms with Crippen LogP contribution in [0.4, 0.5) is 20.3 Å². The Morgan fingerprint density at radius 1 is 1.24 bits per heavy atom. The van der Waals surface area contributed by atoms with Crippen LogP contribution in [0, 0.1) is 0 Å². The molecule has 1 atom stereocenters. The third-order valence-corrected chi connectivity index (χ3v) is 9.30. The molecule has 3 aromatic rings. The molecule has 0 radical (unpaired) electrons. The monoisotopic (exact) mass is 611 g/mol. The Bertz CT molecular complexity index is 1320. The van der Waals surface area contributed by atoms with E-state index in [9.17, 15) is 13.6 Å². The lowest BCUT2D eigenvalue weighted by Crippen LogP contribution is -2.42. The number of fused-ring (bicyclic) bond motifs is 1. The highest BCUT2D eigenvalue weighted by Gasteiger charge is 2.36. The van der Waals surface area contributed by atoms with E-state index in [1.54, 1.807) is 4.52 Å². The molecule has 0 spiro atoms. The van der Waals surface area contributed by atoms with Gasteiger partial charge < -0.3 is 26.0 Å². The summed E-state index contributed by atoms with van der Waals surface area (Å²) >= 11 is 4.29. The summed E-state index contributed by atoms with van der Waals surface area (Å²) in [6, 6.07) is 2.34. The largest absolute Gasteiger partial charge is 0.488 e. The van der Waals surface area contributed by atoms with Crippen LogP contribution in [0.25, 0.3) is 5.52 Å². The van der Waals surface area contributed by atoms with Crippen LogP contribution >= 0.6 is 27.3 Å². The number of likely N-dealkylation sites (tertiary alicyclic amines) is 1. The first-order valence-corrected chi connectivity index (χ1v) is 14.4. The fourth-order valence-corrected chi connectivity index (χ4v) is 7.15. The number of primary amides is 1. The number of carbonyl (C=O) groups is 1. The fourth-order valence-electron chi connectivity index (χ4n) is 5.63. The number of nitrogen functional groups attached to an aromatic ring is 1. The second-order valence-electron chi connectivity index (χ2n) is 10.2. The predicted octanol–water partition coefficient (Wildman–Crippen LogP) is 4.81. The molecule has 5 rings (SSSR count). The first kappa shape index (κ1) is 27.1. The summed E-state index contributed by atoms with van der Waals surface area (Å²) in [5, 5.41) is 4.27. The number of rotatable bonds is 7. The molecule has 206 valence electrons. The highest BCUT2D eigenvalue weighted by atomic mass is 79.9. The zero-order valence-corrected chi connectivity index (χ0v) is 23.8. The van der Waals surface area contributed by atoms with Crippen LogP contribution in [0.15, 0.2) is 17.0 Å². The number of anilines is 2. The number of aromatic nitrogens is 3. The van der Waals surface area contributed by atoms with E-state index in [1.807, 2.05) is 6.07 Å². The van der Waals surface area contributed by atoms with E-state index in [0.717, 1.165) is 60.5 Å². The Morgan fingerprint density at radius 2 is 1.97 bits per heavy atom. The van der Waals surface area contributed by atoms with Gasteiger partial charge in [0, 0.05) is 43.7 Å². The van der Waals surface area contributed by atoms with Crippen LogP contribution in [-0.4, -0.2) is 63.7 Å². The molecule has 0 aliphatic carbocycles. The van der Waals surface area contributed by atoms with Gasteiger partial charge in [0.15, 0.2) is 5.82 Å². The summed E-state index contributed by atoms with van der Waals surface area (Å²) in [5.41, 5.74) is 13.8. The Hall–Kier alpha value is -2.51. The van der Waals surface area contributed by atoms with Gasteiger partial charge in [-0.1, -0.05) is 0 Å². The maximum atomic E-state index is 14.4. The molecule has 38 heavy (non-hydrogen) atoms. The van der Waals surface area contributed by atoms with Crippen molar-refractivity contribution in [1.82, 2.24) is 19.5 Å². The minimum absolute atomic E-state index is 0.0772. The zero-order valence-electron chi connectivity index (χ0n) is 21.4. The molecule has 2 aliphatic rings. The van der Waals surface area contributed by atoms with Gasteiger partial charge in [-0.25, -0.2) is 18.3 Å². The van der Waals surface area contributed by atoms with Crippen molar-refractivity contribution >= 4 is 50.2 Å². The van der Waals surface area contributed by atoms with Gasteiger partial charge >= 0.3 is 0 Å². The van der Waals surface area contributed by atoms with Crippen LogP contribution < -0.4 is 21.1 Å². The first-order chi connectivity index (χ1) is 18.2. The Morgan fingerprint density at radius 3 is 2.63 bits per heavy atom. The van der Waals surface area contributed by atoms with Crippen molar-refractivity contribution in [1.29, 1.82) is 0 Å². The number of nitrogens with zero attached hydrogens (tertiary/aromatic N) is 5. The third kappa shape index (κ3) is 5.07. The van der Waals surface area contributed by atoms with E-state index < -0.39 is 12.3 Å². The summed E-state index contributed by atoms with van der Waals surface area (Å²) in [6.45, 7) is 7.19. The number of alkyl halides is 2. The number of ether oxygens (including phenoxy) is 1. The Balaban J connectivity index is 1.49. The van der Waals surface area contributed by atoms with Crippen LogP contribution in [0.1, 0.15) is 72.0 Å². The van der Waals surface area contributed by atoms with E-state index in [1.165, 1.54) is 6.33 Å². The molecule has 1 unspecified atom stereocenters. The van der Waals surface area contributed by atoms with Gasteiger partial charge in [0.25, 0.3) is 12.3 Å². The SMILES string of the molecule is CC(C)N1CCC(Oc2c(C(N)=O)sc(C(F)F)c2C2CCCN(c3cc(Br)n4ncnc(N)c34)C2)CC1. The third-order valence-electron chi connectivity index (χ3n) is 7.53. The van der Waals surface area contributed by atoms with Gasteiger partial charge in [-0.2, -0.15) is 5.10 Å². The van der Waals surface area contributed by atoms with E-state index in [0.29, 0.717) is 35.9 Å². The molecule has 0 saturated carbocycles. The van der Waals surface area contributed by atoms with Crippen molar-refractivity contribution in [2.24, 2.45) is 5.73 Å². The van der Waals surface area contributed by atoms with E-state index >= 15 is 0 Å². The molecule has 9 nitrogen and oxygen atoms in total. The van der Waals surface area contributed by atoms with Crippen LogP contribution in [0.2, 0.25) is 0 Å². The molecule has 2 fully saturated rings. The van der Waals surface area contributed by atoms with Crippen molar-refractivity contribution in [3.63, 3.8) is 0 Å². The van der Waals surface area contributed by atoms with Crippen molar-refractivity contribution in [2.45, 2.75) is 64.0 Å². The van der Waals surface area contributed by atoms with Crippen molar-refractivity contribution < 1.29 is 18.3 Å². The first-order valence-electron chi connectivity index (χ1n) is 12.8. The molecular formula is C25H32BrF2N7O2S. The molecule has 0 bridgehead atoms. The quantitative estimate of drug-likeness (QED) is 0.394. The molecule has 4 N–H and O–H groups in total. The fraction of sp³-hybridized carbons (Fsp3) is 0.560. The molecule has 13 heteroatoms. The van der Waals surface area contributed by atoms with Gasteiger partial charge in [-0.05, 0) is 61.5 Å². The van der Waals surface area contributed by atoms with Crippen LogP contribution in [-0.2, 0) is 0 Å². The zero-order chi connectivity index (χ0) is 27.1. The molecule has 3 aromatic heterocycles. The molecular weight excluding hydrogens is 580 g/mol. The van der Waals surface area contributed by atoms with Crippen LogP contribution in [0.3, 0.4) is 0 Å².